The molecule has 0 fully saturated rings. The van der Waals surface area contributed by atoms with Crippen LogP contribution in [0.2, 0.25) is 5.15 Å². The topological polar surface area (TPSA) is 17.3 Å². The zero-order valence-electron chi connectivity index (χ0n) is 7.31. The molecule has 3 aromatic rings. The van der Waals surface area contributed by atoms with E-state index >= 15 is 0 Å². The second-order valence-corrected chi connectivity index (χ2v) is 3.55. The van der Waals surface area contributed by atoms with Crippen molar-refractivity contribution in [2.24, 2.45) is 0 Å². The van der Waals surface area contributed by atoms with Gasteiger partial charge in [0.05, 0.1) is 11.7 Å². The van der Waals surface area contributed by atoms with E-state index in [1.807, 2.05) is 34.7 Å². The molecule has 0 radical (unpaired) electrons. The average molecular weight is 203 g/mol. The van der Waals surface area contributed by atoms with Gasteiger partial charge in [-0.1, -0.05) is 29.8 Å². The van der Waals surface area contributed by atoms with Crippen LogP contribution in [-0.2, 0) is 0 Å². The average Bonchev–Trinajstić information content (AvgIpc) is 2.61. The Morgan fingerprint density at radius 1 is 1.07 bits per heavy atom. The molecule has 0 aliphatic carbocycles. The highest BCUT2D eigenvalue weighted by Crippen LogP contribution is 2.20. The van der Waals surface area contributed by atoms with Crippen molar-refractivity contribution in [2.45, 2.75) is 0 Å². The lowest BCUT2D eigenvalue weighted by molar-refractivity contribution is 1.26. The van der Waals surface area contributed by atoms with Crippen LogP contribution in [0.25, 0.3) is 16.6 Å². The first-order valence-corrected chi connectivity index (χ1v) is 4.75. The molecule has 0 saturated carbocycles. The Morgan fingerprint density at radius 2 is 1.93 bits per heavy atom. The second kappa shape index (κ2) is 2.72. The quantitative estimate of drug-likeness (QED) is 0.548. The van der Waals surface area contributed by atoms with Gasteiger partial charge in [-0.2, -0.15) is 0 Å². The first-order valence-electron chi connectivity index (χ1n) is 4.37. The van der Waals surface area contributed by atoms with Crippen molar-refractivity contribution < 1.29 is 0 Å². The summed E-state index contributed by atoms with van der Waals surface area (Å²) in [5.74, 6) is 0. The third-order valence-corrected chi connectivity index (χ3v) is 2.60. The van der Waals surface area contributed by atoms with E-state index in [0.717, 1.165) is 11.2 Å². The van der Waals surface area contributed by atoms with E-state index in [2.05, 4.69) is 11.1 Å². The number of pyridine rings is 1. The molecule has 2 heterocycles. The van der Waals surface area contributed by atoms with Gasteiger partial charge in [-0.15, -0.1) is 0 Å². The summed E-state index contributed by atoms with van der Waals surface area (Å²) in [5.41, 5.74) is 1.97. The van der Waals surface area contributed by atoms with E-state index in [1.165, 1.54) is 5.39 Å². The fourth-order valence-electron chi connectivity index (χ4n) is 1.70. The first-order chi connectivity index (χ1) is 6.86. The summed E-state index contributed by atoms with van der Waals surface area (Å²) in [7, 11) is 0. The molecule has 1 aromatic carbocycles. The Labute approximate surface area is 85.8 Å². The molecule has 0 spiro atoms. The Kier molecular flexibility index (Phi) is 1.52. The Balaban J connectivity index is 2.65. The van der Waals surface area contributed by atoms with E-state index < -0.39 is 0 Å². The molecule has 2 nitrogen and oxygen atoms in total. The predicted molar refractivity (Wildman–Crippen MR) is 57.7 cm³/mol. The molecule has 0 atom stereocenters. The number of halogens is 1. The molecule has 3 heteroatoms. The molecule has 0 unspecified atom stereocenters. The van der Waals surface area contributed by atoms with E-state index in [4.69, 9.17) is 11.6 Å². The van der Waals surface area contributed by atoms with Crippen LogP contribution in [0.4, 0.5) is 0 Å². The molecule has 0 amide bonds. The lowest BCUT2D eigenvalue weighted by Crippen LogP contribution is -1.87. The summed E-state index contributed by atoms with van der Waals surface area (Å²) in [6.07, 6.45) is 1.67. The lowest BCUT2D eigenvalue weighted by atomic mass is 10.2. The number of para-hydroxylation sites is 1. The van der Waals surface area contributed by atoms with Gasteiger partial charge in [0.1, 0.15) is 10.8 Å². The van der Waals surface area contributed by atoms with Crippen molar-refractivity contribution in [3.63, 3.8) is 0 Å². The summed E-state index contributed by atoms with van der Waals surface area (Å²) in [4.78, 5) is 4.20. The van der Waals surface area contributed by atoms with Gasteiger partial charge in [-0.05, 0) is 23.6 Å². The van der Waals surface area contributed by atoms with Crippen LogP contribution in [-0.4, -0.2) is 9.38 Å². The van der Waals surface area contributed by atoms with Crippen LogP contribution >= 0.6 is 11.6 Å². The van der Waals surface area contributed by atoms with Crippen molar-refractivity contribution in [1.29, 1.82) is 0 Å². The minimum atomic E-state index is 0.650. The highest BCUT2D eigenvalue weighted by molar-refractivity contribution is 6.30. The Hall–Kier alpha value is -1.54. The molecule has 0 aliphatic heterocycles. The molecule has 0 N–H and O–H groups in total. The van der Waals surface area contributed by atoms with Crippen molar-refractivity contribution in [3.05, 3.63) is 47.7 Å². The van der Waals surface area contributed by atoms with E-state index in [-0.39, 0.29) is 0 Å². The van der Waals surface area contributed by atoms with E-state index in [9.17, 15) is 0 Å². The van der Waals surface area contributed by atoms with Gasteiger partial charge in [0.25, 0.3) is 0 Å². The molecule has 14 heavy (non-hydrogen) atoms. The number of aromatic nitrogens is 2. The molecule has 0 aliphatic rings. The van der Waals surface area contributed by atoms with Crippen LogP contribution in [0.3, 0.4) is 0 Å². The number of imidazole rings is 1. The molecule has 3 rings (SSSR count). The van der Waals surface area contributed by atoms with Crippen LogP contribution in [0.1, 0.15) is 0 Å². The van der Waals surface area contributed by atoms with Gasteiger partial charge in [0.15, 0.2) is 0 Å². The fraction of sp³-hybridized carbons (Fsp3) is 0. The monoisotopic (exact) mass is 202 g/mol. The van der Waals surface area contributed by atoms with Crippen LogP contribution in [0.5, 0.6) is 0 Å². The number of rotatable bonds is 0. The second-order valence-electron chi connectivity index (χ2n) is 3.17. The maximum atomic E-state index is 6.05. The maximum absolute atomic E-state index is 6.05. The first kappa shape index (κ1) is 7.83. The van der Waals surface area contributed by atoms with E-state index in [1.54, 1.807) is 6.20 Å². The van der Waals surface area contributed by atoms with Gasteiger partial charge in [0.2, 0.25) is 0 Å². The molecular formula is C11H7ClN2. The fourth-order valence-corrected chi connectivity index (χ4v) is 1.92. The summed E-state index contributed by atoms with van der Waals surface area (Å²) in [5, 5.41) is 1.82. The van der Waals surface area contributed by atoms with E-state index in [0.29, 0.717) is 5.15 Å². The molecule has 0 bridgehead atoms. The lowest BCUT2D eigenvalue weighted by Gasteiger charge is -2.01. The van der Waals surface area contributed by atoms with Crippen LogP contribution in [0.15, 0.2) is 42.6 Å². The highest BCUT2D eigenvalue weighted by Gasteiger charge is 2.03. The number of fused-ring (bicyclic) bond motifs is 3. The Morgan fingerprint density at radius 3 is 2.86 bits per heavy atom. The zero-order valence-corrected chi connectivity index (χ0v) is 8.07. The van der Waals surface area contributed by atoms with Gasteiger partial charge < -0.3 is 0 Å². The smallest absolute Gasteiger partial charge is 0.138 e. The maximum Gasteiger partial charge on any atom is 0.138 e. The van der Waals surface area contributed by atoms with Crippen LogP contribution < -0.4 is 0 Å². The summed E-state index contributed by atoms with van der Waals surface area (Å²) in [6, 6.07) is 12.1. The van der Waals surface area contributed by atoms with Crippen molar-refractivity contribution in [3.8, 4) is 0 Å². The minimum absolute atomic E-state index is 0.650. The van der Waals surface area contributed by atoms with Crippen molar-refractivity contribution in [2.75, 3.05) is 0 Å². The third-order valence-electron chi connectivity index (χ3n) is 2.34. The molecule has 0 saturated heterocycles. The van der Waals surface area contributed by atoms with Gasteiger partial charge in [-0.3, -0.25) is 4.40 Å². The summed E-state index contributed by atoms with van der Waals surface area (Å²) < 4.78 is 1.94. The zero-order chi connectivity index (χ0) is 9.54. The SMILES string of the molecule is Clc1cnc2ccc3ccccc3n12. The number of nitrogens with zero attached hydrogens (tertiary/aromatic N) is 2. The van der Waals surface area contributed by atoms with Gasteiger partial charge in [-0.25, -0.2) is 4.98 Å². The minimum Gasteiger partial charge on any atom is -0.283 e. The standard InChI is InChI=1S/C11H7ClN2/c12-10-7-13-11-6-5-8-3-1-2-4-9(8)14(10)11/h1-7H. The Bertz CT molecular complexity index is 613. The van der Waals surface area contributed by atoms with Crippen molar-refractivity contribution in [1.82, 2.24) is 9.38 Å². The normalized spacial score (nSPS) is 11.2. The predicted octanol–water partition coefficient (Wildman–Crippen LogP) is 3.14. The summed E-state index contributed by atoms with van der Waals surface area (Å²) in [6.45, 7) is 0. The number of hydrogen-bond acceptors (Lipinski definition) is 1. The highest BCUT2D eigenvalue weighted by atomic mass is 35.5. The van der Waals surface area contributed by atoms with Gasteiger partial charge >= 0.3 is 0 Å². The van der Waals surface area contributed by atoms with Gasteiger partial charge in [0, 0.05) is 0 Å². The largest absolute Gasteiger partial charge is 0.283 e. The van der Waals surface area contributed by atoms with Crippen LogP contribution in [0, 0.1) is 0 Å². The number of benzene rings is 1. The number of hydrogen-bond donors (Lipinski definition) is 0. The molecule has 68 valence electrons. The van der Waals surface area contributed by atoms with Crippen molar-refractivity contribution >= 4 is 28.2 Å². The summed E-state index contributed by atoms with van der Waals surface area (Å²) >= 11 is 6.05. The molecular weight excluding hydrogens is 196 g/mol. The molecule has 2 aromatic heterocycles. The third kappa shape index (κ3) is 0.946.